The molecule has 1 aromatic carbocycles. The molecular formula is C16H22F3N. The summed E-state index contributed by atoms with van der Waals surface area (Å²) in [5.74, 6) is 1.25. The molecule has 112 valence electrons. The summed E-state index contributed by atoms with van der Waals surface area (Å²) in [4.78, 5) is 0. The smallest absolute Gasteiger partial charge is 0.319 e. The first-order chi connectivity index (χ1) is 9.41. The molecule has 1 saturated carbocycles. The van der Waals surface area contributed by atoms with Crippen LogP contribution in [-0.4, -0.2) is 13.6 Å². The molecule has 0 spiro atoms. The highest BCUT2D eigenvalue weighted by Crippen LogP contribution is 2.41. The SMILES string of the molecule is CNCC1CCC(C)CC1c1cccc(C(F)(F)F)c1. The Morgan fingerprint density at radius 2 is 2.00 bits per heavy atom. The van der Waals surface area contributed by atoms with Crippen molar-refractivity contribution in [3.8, 4) is 0 Å². The van der Waals surface area contributed by atoms with E-state index < -0.39 is 11.7 Å². The molecule has 20 heavy (non-hydrogen) atoms. The third-order valence-corrected chi connectivity index (χ3v) is 4.36. The van der Waals surface area contributed by atoms with Crippen LogP contribution in [0, 0.1) is 11.8 Å². The minimum absolute atomic E-state index is 0.230. The maximum Gasteiger partial charge on any atom is 0.416 e. The van der Waals surface area contributed by atoms with Crippen molar-refractivity contribution in [2.45, 2.75) is 38.3 Å². The van der Waals surface area contributed by atoms with Gasteiger partial charge in [0.2, 0.25) is 0 Å². The van der Waals surface area contributed by atoms with Gasteiger partial charge in [-0.15, -0.1) is 0 Å². The number of nitrogens with one attached hydrogen (secondary N) is 1. The summed E-state index contributed by atoms with van der Waals surface area (Å²) in [7, 11) is 1.90. The first-order valence-electron chi connectivity index (χ1n) is 7.23. The molecule has 1 nitrogen and oxygen atoms in total. The highest BCUT2D eigenvalue weighted by atomic mass is 19.4. The molecule has 2 rings (SSSR count). The summed E-state index contributed by atoms with van der Waals surface area (Å²) in [6.07, 6.45) is -1.02. The van der Waals surface area contributed by atoms with Gasteiger partial charge in [0, 0.05) is 0 Å². The zero-order valence-corrected chi connectivity index (χ0v) is 12.0. The molecule has 0 aromatic heterocycles. The summed E-state index contributed by atoms with van der Waals surface area (Å²) >= 11 is 0. The van der Waals surface area contributed by atoms with Crippen molar-refractivity contribution in [2.24, 2.45) is 11.8 Å². The van der Waals surface area contributed by atoms with E-state index in [1.807, 2.05) is 13.1 Å². The van der Waals surface area contributed by atoms with Crippen LogP contribution >= 0.6 is 0 Å². The van der Waals surface area contributed by atoms with Gasteiger partial charge in [0.1, 0.15) is 0 Å². The Hall–Kier alpha value is -1.03. The molecule has 3 atom stereocenters. The van der Waals surface area contributed by atoms with E-state index in [9.17, 15) is 13.2 Å². The molecule has 0 bridgehead atoms. The van der Waals surface area contributed by atoms with Crippen molar-refractivity contribution in [3.05, 3.63) is 35.4 Å². The molecule has 0 amide bonds. The number of rotatable bonds is 3. The molecule has 0 heterocycles. The van der Waals surface area contributed by atoms with E-state index in [0.717, 1.165) is 31.0 Å². The number of hydrogen-bond acceptors (Lipinski definition) is 1. The highest BCUT2D eigenvalue weighted by Gasteiger charge is 2.33. The van der Waals surface area contributed by atoms with Crippen LogP contribution in [0.4, 0.5) is 13.2 Å². The van der Waals surface area contributed by atoms with Crippen LogP contribution in [0.3, 0.4) is 0 Å². The first-order valence-corrected chi connectivity index (χ1v) is 7.23. The third-order valence-electron chi connectivity index (χ3n) is 4.36. The zero-order valence-electron chi connectivity index (χ0n) is 12.0. The molecule has 1 N–H and O–H groups in total. The Bertz CT molecular complexity index is 442. The van der Waals surface area contributed by atoms with Crippen LogP contribution in [0.5, 0.6) is 0 Å². The van der Waals surface area contributed by atoms with E-state index in [1.54, 1.807) is 0 Å². The Labute approximate surface area is 118 Å². The van der Waals surface area contributed by atoms with Gasteiger partial charge < -0.3 is 5.32 Å². The monoisotopic (exact) mass is 285 g/mol. The molecule has 0 radical (unpaired) electrons. The van der Waals surface area contributed by atoms with Crippen LogP contribution in [0.1, 0.15) is 43.2 Å². The maximum absolute atomic E-state index is 12.8. The van der Waals surface area contributed by atoms with Crippen LogP contribution in [-0.2, 0) is 6.18 Å². The van der Waals surface area contributed by atoms with Crippen molar-refractivity contribution < 1.29 is 13.2 Å². The van der Waals surface area contributed by atoms with Crippen LogP contribution < -0.4 is 5.32 Å². The van der Waals surface area contributed by atoms with Crippen molar-refractivity contribution in [3.63, 3.8) is 0 Å². The van der Waals surface area contributed by atoms with E-state index in [1.165, 1.54) is 18.6 Å². The first kappa shape index (κ1) is 15.4. The second-order valence-corrected chi connectivity index (χ2v) is 5.97. The molecular weight excluding hydrogens is 263 g/mol. The predicted molar refractivity (Wildman–Crippen MR) is 74.6 cm³/mol. The standard InChI is InChI=1S/C16H22F3N/c1-11-6-7-13(10-20-2)15(8-11)12-4-3-5-14(9-12)16(17,18)19/h3-5,9,11,13,15,20H,6-8,10H2,1-2H3. The number of alkyl halides is 3. The lowest BCUT2D eigenvalue weighted by Gasteiger charge is -2.35. The summed E-state index contributed by atoms with van der Waals surface area (Å²) in [6.45, 7) is 3.06. The molecule has 0 aliphatic heterocycles. The van der Waals surface area contributed by atoms with E-state index in [4.69, 9.17) is 0 Å². The Morgan fingerprint density at radius 3 is 2.65 bits per heavy atom. The predicted octanol–water partition coefficient (Wildman–Crippen LogP) is 4.44. The fourth-order valence-corrected chi connectivity index (χ4v) is 3.30. The van der Waals surface area contributed by atoms with Gasteiger partial charge in [-0.2, -0.15) is 13.2 Å². The van der Waals surface area contributed by atoms with E-state index in [0.29, 0.717) is 11.8 Å². The molecule has 1 aromatic rings. The van der Waals surface area contributed by atoms with E-state index >= 15 is 0 Å². The van der Waals surface area contributed by atoms with Gasteiger partial charge in [-0.25, -0.2) is 0 Å². The zero-order chi connectivity index (χ0) is 14.8. The minimum atomic E-state index is -4.26. The van der Waals surface area contributed by atoms with Crippen LogP contribution in [0.2, 0.25) is 0 Å². The highest BCUT2D eigenvalue weighted by molar-refractivity contribution is 5.29. The molecule has 1 aliphatic carbocycles. The molecule has 0 saturated heterocycles. The van der Waals surface area contributed by atoms with Crippen molar-refractivity contribution in [2.75, 3.05) is 13.6 Å². The van der Waals surface area contributed by atoms with Gasteiger partial charge >= 0.3 is 6.18 Å². The fourth-order valence-electron chi connectivity index (χ4n) is 3.30. The summed E-state index contributed by atoms with van der Waals surface area (Å²) < 4.78 is 38.5. The fraction of sp³-hybridized carbons (Fsp3) is 0.625. The van der Waals surface area contributed by atoms with Gasteiger partial charge in [-0.05, 0) is 55.8 Å². The Balaban J connectivity index is 2.27. The lowest BCUT2D eigenvalue weighted by atomic mass is 9.71. The number of benzene rings is 1. The Morgan fingerprint density at radius 1 is 1.25 bits per heavy atom. The molecule has 1 fully saturated rings. The molecule has 4 heteroatoms. The van der Waals surface area contributed by atoms with Crippen molar-refractivity contribution in [1.29, 1.82) is 0 Å². The quantitative estimate of drug-likeness (QED) is 0.865. The van der Waals surface area contributed by atoms with Gasteiger partial charge in [0.15, 0.2) is 0 Å². The van der Waals surface area contributed by atoms with Crippen molar-refractivity contribution in [1.82, 2.24) is 5.32 Å². The van der Waals surface area contributed by atoms with Gasteiger partial charge in [-0.1, -0.05) is 31.5 Å². The lowest BCUT2D eigenvalue weighted by molar-refractivity contribution is -0.137. The summed E-state index contributed by atoms with van der Waals surface area (Å²) in [5.41, 5.74) is 0.308. The van der Waals surface area contributed by atoms with E-state index in [2.05, 4.69) is 12.2 Å². The summed E-state index contributed by atoms with van der Waals surface area (Å²) in [6, 6.07) is 5.88. The maximum atomic E-state index is 12.8. The summed E-state index contributed by atoms with van der Waals surface area (Å²) in [5, 5.41) is 3.17. The molecule has 3 unspecified atom stereocenters. The van der Waals surface area contributed by atoms with Gasteiger partial charge in [0.05, 0.1) is 5.56 Å². The second kappa shape index (κ2) is 6.17. The van der Waals surface area contributed by atoms with Crippen molar-refractivity contribution >= 4 is 0 Å². The van der Waals surface area contributed by atoms with Gasteiger partial charge in [-0.3, -0.25) is 0 Å². The second-order valence-electron chi connectivity index (χ2n) is 5.97. The lowest BCUT2D eigenvalue weighted by Crippen LogP contribution is -2.30. The third kappa shape index (κ3) is 3.54. The van der Waals surface area contributed by atoms with Gasteiger partial charge in [0.25, 0.3) is 0 Å². The Kier molecular flexibility index (Phi) is 4.74. The number of hydrogen-bond donors (Lipinski definition) is 1. The topological polar surface area (TPSA) is 12.0 Å². The number of halogens is 3. The van der Waals surface area contributed by atoms with E-state index in [-0.39, 0.29) is 5.92 Å². The minimum Gasteiger partial charge on any atom is -0.319 e. The largest absolute Gasteiger partial charge is 0.416 e. The average Bonchev–Trinajstić information content (AvgIpc) is 2.40. The normalized spacial score (nSPS) is 27.6. The average molecular weight is 285 g/mol. The van der Waals surface area contributed by atoms with Crippen LogP contribution in [0.15, 0.2) is 24.3 Å². The van der Waals surface area contributed by atoms with Crippen LogP contribution in [0.25, 0.3) is 0 Å². The molecule has 1 aliphatic rings.